The minimum atomic E-state index is 1.13. The van der Waals surface area contributed by atoms with Gasteiger partial charge in [-0.05, 0) is 59.0 Å². The number of hydrogen-bond acceptors (Lipinski definition) is 0. The van der Waals surface area contributed by atoms with Crippen molar-refractivity contribution in [1.82, 2.24) is 0 Å². The Hall–Kier alpha value is -1.60. The Morgan fingerprint density at radius 2 is 1.58 bits per heavy atom. The number of benzene rings is 3. The molecule has 94 valence electrons. The van der Waals surface area contributed by atoms with Crippen LogP contribution in [0.25, 0.3) is 21.9 Å². The van der Waals surface area contributed by atoms with Gasteiger partial charge in [-0.1, -0.05) is 58.4 Å². The van der Waals surface area contributed by atoms with E-state index in [1.165, 1.54) is 33.0 Å². The molecule has 0 unspecified atom stereocenters. The van der Waals surface area contributed by atoms with Crippen molar-refractivity contribution in [1.29, 1.82) is 0 Å². The molecular formula is C18H15Br. The van der Waals surface area contributed by atoms with Crippen LogP contribution in [0.2, 0.25) is 0 Å². The summed E-state index contributed by atoms with van der Waals surface area (Å²) in [6.45, 7) is 4.37. The third-order valence-corrected chi connectivity index (χ3v) is 4.18. The highest BCUT2D eigenvalue weighted by atomic mass is 79.9. The van der Waals surface area contributed by atoms with E-state index in [-0.39, 0.29) is 0 Å². The molecule has 3 rings (SSSR count). The lowest BCUT2D eigenvalue weighted by atomic mass is 9.93. The molecule has 0 aliphatic carbocycles. The maximum atomic E-state index is 3.53. The van der Waals surface area contributed by atoms with E-state index in [1.54, 1.807) is 0 Å². The molecule has 0 aromatic heterocycles. The molecule has 0 aliphatic rings. The summed E-state index contributed by atoms with van der Waals surface area (Å²) in [7, 11) is 0. The molecule has 0 saturated carbocycles. The van der Waals surface area contributed by atoms with Crippen molar-refractivity contribution in [2.75, 3.05) is 0 Å². The maximum absolute atomic E-state index is 3.53. The quantitative estimate of drug-likeness (QED) is 0.526. The lowest BCUT2D eigenvalue weighted by molar-refractivity contribution is 1.43. The lowest BCUT2D eigenvalue weighted by Crippen LogP contribution is -1.88. The van der Waals surface area contributed by atoms with Crippen molar-refractivity contribution >= 4 is 26.7 Å². The molecule has 0 radical (unpaired) electrons. The van der Waals surface area contributed by atoms with E-state index in [0.717, 1.165) is 4.47 Å². The van der Waals surface area contributed by atoms with Gasteiger partial charge >= 0.3 is 0 Å². The predicted molar refractivity (Wildman–Crippen MR) is 86.6 cm³/mol. The normalized spacial score (nSPS) is 10.9. The highest BCUT2D eigenvalue weighted by Gasteiger charge is 2.07. The van der Waals surface area contributed by atoms with Gasteiger partial charge in [0, 0.05) is 4.47 Å². The molecule has 0 heterocycles. The molecule has 0 nitrogen and oxygen atoms in total. The number of hydrogen-bond donors (Lipinski definition) is 0. The Bertz CT molecular complexity index is 757. The number of aryl methyl sites for hydroxylation is 2. The third kappa shape index (κ3) is 2.19. The van der Waals surface area contributed by atoms with Crippen molar-refractivity contribution in [3.05, 3.63) is 70.2 Å². The fourth-order valence-electron chi connectivity index (χ4n) is 2.62. The zero-order valence-electron chi connectivity index (χ0n) is 11.1. The van der Waals surface area contributed by atoms with E-state index in [9.17, 15) is 0 Å². The Morgan fingerprint density at radius 3 is 2.37 bits per heavy atom. The molecule has 0 atom stereocenters. The van der Waals surface area contributed by atoms with E-state index in [2.05, 4.69) is 84.4 Å². The van der Waals surface area contributed by atoms with Crippen molar-refractivity contribution in [3.8, 4) is 11.1 Å². The largest absolute Gasteiger partial charge is 0.0620 e. The van der Waals surface area contributed by atoms with Crippen molar-refractivity contribution < 1.29 is 0 Å². The van der Waals surface area contributed by atoms with Crippen LogP contribution in [-0.4, -0.2) is 0 Å². The smallest absolute Gasteiger partial charge is 0.0181 e. The SMILES string of the molecule is Cc1ccccc1-c1ccc2cc(Br)ccc2c1C. The van der Waals surface area contributed by atoms with E-state index in [1.807, 2.05) is 0 Å². The average molecular weight is 311 g/mol. The van der Waals surface area contributed by atoms with Gasteiger partial charge in [0.1, 0.15) is 0 Å². The molecule has 0 N–H and O–H groups in total. The zero-order valence-corrected chi connectivity index (χ0v) is 12.7. The number of rotatable bonds is 1. The second-order valence-corrected chi connectivity index (χ2v) is 5.83. The van der Waals surface area contributed by atoms with Gasteiger partial charge in [-0.15, -0.1) is 0 Å². The van der Waals surface area contributed by atoms with Crippen LogP contribution in [0, 0.1) is 13.8 Å². The first-order chi connectivity index (χ1) is 9.16. The van der Waals surface area contributed by atoms with Gasteiger partial charge in [0.15, 0.2) is 0 Å². The van der Waals surface area contributed by atoms with E-state index >= 15 is 0 Å². The molecule has 0 amide bonds. The second kappa shape index (κ2) is 4.82. The minimum Gasteiger partial charge on any atom is -0.0620 e. The van der Waals surface area contributed by atoms with Crippen LogP contribution in [0.4, 0.5) is 0 Å². The van der Waals surface area contributed by atoms with Crippen LogP contribution in [0.1, 0.15) is 11.1 Å². The van der Waals surface area contributed by atoms with Gasteiger partial charge in [0.2, 0.25) is 0 Å². The Balaban J connectivity index is 2.29. The summed E-state index contributed by atoms with van der Waals surface area (Å²) in [5.41, 5.74) is 5.32. The van der Waals surface area contributed by atoms with Crippen molar-refractivity contribution in [3.63, 3.8) is 0 Å². The van der Waals surface area contributed by atoms with Gasteiger partial charge in [0.05, 0.1) is 0 Å². The summed E-state index contributed by atoms with van der Waals surface area (Å²) in [6, 6.07) is 19.5. The van der Waals surface area contributed by atoms with Crippen LogP contribution in [0.5, 0.6) is 0 Å². The van der Waals surface area contributed by atoms with Gasteiger partial charge in [-0.25, -0.2) is 0 Å². The summed E-state index contributed by atoms with van der Waals surface area (Å²) in [5.74, 6) is 0. The zero-order chi connectivity index (χ0) is 13.4. The Labute approximate surface area is 122 Å². The van der Waals surface area contributed by atoms with Gasteiger partial charge < -0.3 is 0 Å². The van der Waals surface area contributed by atoms with Gasteiger partial charge in [-0.2, -0.15) is 0 Å². The molecule has 0 fully saturated rings. The molecule has 0 aliphatic heterocycles. The van der Waals surface area contributed by atoms with Crippen molar-refractivity contribution in [2.24, 2.45) is 0 Å². The van der Waals surface area contributed by atoms with Crippen LogP contribution < -0.4 is 0 Å². The summed E-state index contributed by atoms with van der Waals surface area (Å²) in [4.78, 5) is 0. The van der Waals surface area contributed by atoms with Gasteiger partial charge in [0.25, 0.3) is 0 Å². The molecule has 3 aromatic carbocycles. The predicted octanol–water partition coefficient (Wildman–Crippen LogP) is 5.89. The fraction of sp³-hybridized carbons (Fsp3) is 0.111. The summed E-state index contributed by atoms with van der Waals surface area (Å²) >= 11 is 3.53. The minimum absolute atomic E-state index is 1.13. The number of fused-ring (bicyclic) bond motifs is 1. The van der Waals surface area contributed by atoms with Crippen LogP contribution in [-0.2, 0) is 0 Å². The molecule has 0 spiro atoms. The standard InChI is InChI=1S/C18H15Br/c1-12-5-3-4-6-16(12)18-9-7-14-11-15(19)8-10-17(14)13(18)2/h3-11H,1-2H3. The van der Waals surface area contributed by atoms with E-state index < -0.39 is 0 Å². The summed E-state index contributed by atoms with van der Waals surface area (Å²) in [6.07, 6.45) is 0. The summed E-state index contributed by atoms with van der Waals surface area (Å²) in [5, 5.41) is 2.60. The van der Waals surface area contributed by atoms with Crippen LogP contribution in [0.15, 0.2) is 59.1 Å². The maximum Gasteiger partial charge on any atom is 0.0181 e. The molecule has 3 aromatic rings. The number of halogens is 1. The van der Waals surface area contributed by atoms with Crippen LogP contribution >= 0.6 is 15.9 Å². The topological polar surface area (TPSA) is 0 Å². The second-order valence-electron chi connectivity index (χ2n) is 4.92. The summed E-state index contributed by atoms with van der Waals surface area (Å²) < 4.78 is 1.13. The highest BCUT2D eigenvalue weighted by molar-refractivity contribution is 9.10. The van der Waals surface area contributed by atoms with Crippen LogP contribution in [0.3, 0.4) is 0 Å². The first-order valence-corrected chi connectivity index (χ1v) is 7.21. The Morgan fingerprint density at radius 1 is 0.789 bits per heavy atom. The fourth-order valence-corrected chi connectivity index (χ4v) is 3.00. The highest BCUT2D eigenvalue weighted by Crippen LogP contribution is 2.32. The molecule has 0 bridgehead atoms. The molecule has 19 heavy (non-hydrogen) atoms. The average Bonchev–Trinajstić information content (AvgIpc) is 2.40. The van der Waals surface area contributed by atoms with E-state index in [4.69, 9.17) is 0 Å². The first kappa shape index (κ1) is 12.4. The monoisotopic (exact) mass is 310 g/mol. The lowest BCUT2D eigenvalue weighted by Gasteiger charge is -2.12. The first-order valence-electron chi connectivity index (χ1n) is 6.42. The van der Waals surface area contributed by atoms with Crippen molar-refractivity contribution in [2.45, 2.75) is 13.8 Å². The molecule has 0 saturated heterocycles. The van der Waals surface area contributed by atoms with E-state index in [0.29, 0.717) is 0 Å². The Kier molecular flexibility index (Phi) is 3.16. The molecule has 1 heteroatoms. The third-order valence-electron chi connectivity index (χ3n) is 3.69. The molecular weight excluding hydrogens is 296 g/mol. The van der Waals surface area contributed by atoms with Gasteiger partial charge in [-0.3, -0.25) is 0 Å².